The molecule has 2 aromatic rings. The molecule has 8 nitrogen and oxygen atoms in total. The van der Waals surface area contributed by atoms with E-state index < -0.39 is 0 Å². The summed E-state index contributed by atoms with van der Waals surface area (Å²) in [4.78, 5) is 19.9. The quantitative estimate of drug-likeness (QED) is 0.435. The minimum absolute atomic E-state index is 0.0654. The van der Waals surface area contributed by atoms with E-state index in [1.165, 1.54) is 35.0 Å². The molecule has 0 aliphatic heterocycles. The average Bonchev–Trinajstić information content (AvgIpc) is 3.09. The maximum Gasteiger partial charge on any atom is 0.214 e. The molecule has 0 fully saturated rings. The van der Waals surface area contributed by atoms with E-state index in [1.54, 1.807) is 18.2 Å². The predicted molar refractivity (Wildman–Crippen MR) is 90.2 cm³/mol. The van der Waals surface area contributed by atoms with Crippen LogP contribution in [0.4, 0.5) is 0 Å². The third-order valence-corrected chi connectivity index (χ3v) is 3.86. The van der Waals surface area contributed by atoms with Gasteiger partial charge in [-0.05, 0) is 29.0 Å². The van der Waals surface area contributed by atoms with Crippen molar-refractivity contribution in [2.24, 2.45) is 0 Å². The van der Waals surface area contributed by atoms with Crippen molar-refractivity contribution < 1.29 is 9.90 Å². The molecule has 2 rings (SSSR count). The number of tetrazole rings is 1. The summed E-state index contributed by atoms with van der Waals surface area (Å²) >= 11 is 1.18. The molecular weight excluding hydrogens is 328 g/mol. The highest BCUT2D eigenvalue weighted by Gasteiger charge is 2.13. The number of aliphatic hydroxyl groups excluding tert-OH is 1. The number of aliphatic hydroxyl groups is 1. The van der Waals surface area contributed by atoms with Crippen LogP contribution < -0.4 is 0 Å². The van der Waals surface area contributed by atoms with Crippen LogP contribution in [0.15, 0.2) is 54.1 Å². The van der Waals surface area contributed by atoms with Gasteiger partial charge in [-0.15, -0.1) is 5.10 Å². The molecule has 0 aliphatic rings. The SMILES string of the molecule is C=C(/C=C\C(=C/C)CO)n1nnnc1SCC(=O)c1cnccn1. The van der Waals surface area contributed by atoms with Crippen molar-refractivity contribution in [1.29, 1.82) is 0 Å². The molecule has 2 heterocycles. The number of hydrogen-bond donors (Lipinski definition) is 1. The van der Waals surface area contributed by atoms with E-state index >= 15 is 0 Å². The summed E-state index contributed by atoms with van der Waals surface area (Å²) in [6.45, 7) is 5.65. The monoisotopic (exact) mass is 344 g/mol. The summed E-state index contributed by atoms with van der Waals surface area (Å²) in [5.74, 6) is -0.0346. The fraction of sp³-hybridized carbons (Fsp3) is 0.200. The van der Waals surface area contributed by atoms with Gasteiger partial charge >= 0.3 is 0 Å². The van der Waals surface area contributed by atoms with Gasteiger partial charge < -0.3 is 5.11 Å². The van der Waals surface area contributed by atoms with Crippen LogP contribution in [0, 0.1) is 0 Å². The third-order valence-electron chi connectivity index (χ3n) is 2.94. The summed E-state index contributed by atoms with van der Waals surface area (Å²) in [6, 6.07) is 0. The van der Waals surface area contributed by atoms with Gasteiger partial charge in [0.25, 0.3) is 0 Å². The van der Waals surface area contributed by atoms with Crippen LogP contribution in [0.5, 0.6) is 0 Å². The summed E-state index contributed by atoms with van der Waals surface area (Å²) in [6.07, 6.45) is 9.60. The second-order valence-electron chi connectivity index (χ2n) is 4.52. The Labute approximate surface area is 143 Å². The van der Waals surface area contributed by atoms with E-state index in [0.29, 0.717) is 16.5 Å². The van der Waals surface area contributed by atoms with Crippen LogP contribution in [-0.2, 0) is 0 Å². The molecule has 0 unspecified atom stereocenters. The standard InChI is InChI=1S/C15H16N6O2S/c1-3-12(9-22)5-4-11(2)21-15(18-19-20-21)24-10-14(23)13-8-16-6-7-17-13/h3-8,22H,2,9-10H2,1H3/b5-4-,12-3+. The van der Waals surface area contributed by atoms with Crippen LogP contribution in [0.1, 0.15) is 17.4 Å². The third kappa shape index (κ3) is 4.67. The van der Waals surface area contributed by atoms with Gasteiger partial charge in [0.05, 0.1) is 24.3 Å². The van der Waals surface area contributed by atoms with Crippen LogP contribution in [0.2, 0.25) is 0 Å². The van der Waals surface area contributed by atoms with Gasteiger partial charge in [-0.3, -0.25) is 9.78 Å². The minimum Gasteiger partial charge on any atom is -0.392 e. The Balaban J connectivity index is 2.02. The molecule has 0 amide bonds. The second-order valence-corrected chi connectivity index (χ2v) is 5.46. The lowest BCUT2D eigenvalue weighted by atomic mass is 10.2. The number of ketones is 1. The summed E-state index contributed by atoms with van der Waals surface area (Å²) in [5, 5.41) is 20.9. The Morgan fingerprint density at radius 2 is 2.25 bits per heavy atom. The molecule has 0 atom stereocenters. The number of nitrogens with zero attached hydrogens (tertiary/aromatic N) is 6. The first-order chi connectivity index (χ1) is 11.7. The molecule has 0 spiro atoms. The van der Waals surface area contributed by atoms with E-state index in [9.17, 15) is 4.79 Å². The highest BCUT2D eigenvalue weighted by Crippen LogP contribution is 2.18. The van der Waals surface area contributed by atoms with Crippen molar-refractivity contribution in [3.05, 3.63) is 54.7 Å². The Hall–Kier alpha value is -2.65. The number of Topliss-reactive ketones (excluding diaryl/α,β-unsaturated/α-hetero) is 1. The average molecular weight is 344 g/mol. The number of hydrogen-bond acceptors (Lipinski definition) is 8. The summed E-state index contributed by atoms with van der Waals surface area (Å²) < 4.78 is 1.43. The van der Waals surface area contributed by atoms with Crippen molar-refractivity contribution in [3.63, 3.8) is 0 Å². The topological polar surface area (TPSA) is 107 Å². The summed E-state index contributed by atoms with van der Waals surface area (Å²) in [7, 11) is 0. The van der Waals surface area contributed by atoms with Crippen LogP contribution in [-0.4, -0.2) is 53.4 Å². The lowest BCUT2D eigenvalue weighted by Crippen LogP contribution is -2.07. The molecule has 0 saturated carbocycles. The number of thioether (sulfide) groups is 1. The molecule has 1 N–H and O–H groups in total. The van der Waals surface area contributed by atoms with Crippen molar-refractivity contribution >= 4 is 23.2 Å². The lowest BCUT2D eigenvalue weighted by Gasteiger charge is -2.03. The smallest absolute Gasteiger partial charge is 0.214 e. The largest absolute Gasteiger partial charge is 0.392 e. The van der Waals surface area contributed by atoms with E-state index in [2.05, 4.69) is 32.1 Å². The Bertz CT molecular complexity index is 769. The molecule has 0 aromatic carbocycles. The molecule has 0 aliphatic carbocycles. The molecule has 0 bridgehead atoms. The number of allylic oxidation sites excluding steroid dienone is 3. The molecule has 9 heteroatoms. The van der Waals surface area contributed by atoms with Gasteiger partial charge in [0.1, 0.15) is 5.69 Å². The van der Waals surface area contributed by atoms with Gasteiger partial charge in [-0.2, -0.15) is 4.68 Å². The van der Waals surface area contributed by atoms with Crippen LogP contribution in [0.3, 0.4) is 0 Å². The zero-order valence-electron chi connectivity index (χ0n) is 13.0. The first-order valence-corrected chi connectivity index (χ1v) is 7.98. The van der Waals surface area contributed by atoms with Gasteiger partial charge in [-0.1, -0.05) is 30.5 Å². The zero-order valence-corrected chi connectivity index (χ0v) is 13.8. The Kier molecular flexibility index (Phi) is 6.52. The van der Waals surface area contributed by atoms with Gasteiger partial charge in [0.2, 0.25) is 5.16 Å². The predicted octanol–water partition coefficient (Wildman–Crippen LogP) is 1.40. The fourth-order valence-electron chi connectivity index (χ4n) is 1.61. The van der Waals surface area contributed by atoms with Crippen molar-refractivity contribution in [2.75, 3.05) is 12.4 Å². The van der Waals surface area contributed by atoms with Crippen molar-refractivity contribution in [2.45, 2.75) is 12.1 Å². The first kappa shape index (κ1) is 17.7. The molecule has 124 valence electrons. The van der Waals surface area contributed by atoms with Gasteiger partial charge in [0, 0.05) is 12.4 Å². The maximum absolute atomic E-state index is 12.0. The molecule has 24 heavy (non-hydrogen) atoms. The maximum atomic E-state index is 12.0. The number of aromatic nitrogens is 6. The van der Waals surface area contributed by atoms with Crippen LogP contribution in [0.25, 0.3) is 5.70 Å². The number of carbonyl (C=O) groups excluding carboxylic acids is 1. The lowest BCUT2D eigenvalue weighted by molar-refractivity contribution is 0.101. The molecule has 0 saturated heterocycles. The first-order valence-electron chi connectivity index (χ1n) is 6.99. The molecule has 0 radical (unpaired) electrons. The Morgan fingerprint density at radius 3 is 2.92 bits per heavy atom. The molecule has 2 aromatic heterocycles. The van der Waals surface area contributed by atoms with Crippen molar-refractivity contribution in [1.82, 2.24) is 30.2 Å². The van der Waals surface area contributed by atoms with E-state index in [1.807, 2.05) is 6.92 Å². The second kappa shape index (κ2) is 8.85. The number of rotatable bonds is 8. The number of carbonyl (C=O) groups is 1. The van der Waals surface area contributed by atoms with Gasteiger partial charge in [-0.25, -0.2) is 4.98 Å². The van der Waals surface area contributed by atoms with Crippen molar-refractivity contribution in [3.8, 4) is 0 Å². The van der Waals surface area contributed by atoms with Gasteiger partial charge in [0.15, 0.2) is 5.78 Å². The Morgan fingerprint density at radius 1 is 1.42 bits per heavy atom. The summed E-state index contributed by atoms with van der Waals surface area (Å²) in [5.41, 5.74) is 1.56. The van der Waals surface area contributed by atoms with Crippen LogP contribution >= 0.6 is 11.8 Å². The van der Waals surface area contributed by atoms with E-state index in [-0.39, 0.29) is 18.1 Å². The van der Waals surface area contributed by atoms with E-state index in [0.717, 1.165) is 5.57 Å². The fourth-order valence-corrected chi connectivity index (χ4v) is 2.39. The molecular formula is C15H16N6O2S. The highest BCUT2D eigenvalue weighted by molar-refractivity contribution is 7.99. The normalized spacial score (nSPS) is 11.8. The van der Waals surface area contributed by atoms with E-state index in [4.69, 9.17) is 5.11 Å². The highest BCUT2D eigenvalue weighted by atomic mass is 32.2. The minimum atomic E-state index is -0.166. The zero-order chi connectivity index (χ0) is 17.4.